The van der Waals surface area contributed by atoms with Gasteiger partial charge in [0.15, 0.2) is 0 Å². The highest BCUT2D eigenvalue weighted by Crippen LogP contribution is 2.18. The molecule has 3 aromatic rings. The SMILES string of the molecule is Cc1ccc(C(=O)NN=Cc2ccccc2OCc2ccccc2)cc1Br. The molecule has 0 atom stereocenters. The van der Waals surface area contributed by atoms with E-state index in [0.717, 1.165) is 21.2 Å². The first-order valence-electron chi connectivity index (χ1n) is 8.49. The van der Waals surface area contributed by atoms with E-state index in [1.165, 1.54) is 0 Å². The first-order chi connectivity index (χ1) is 13.1. The van der Waals surface area contributed by atoms with Crippen molar-refractivity contribution in [2.75, 3.05) is 0 Å². The van der Waals surface area contributed by atoms with E-state index in [9.17, 15) is 4.79 Å². The van der Waals surface area contributed by atoms with E-state index in [2.05, 4.69) is 26.5 Å². The minimum absolute atomic E-state index is 0.269. The zero-order valence-corrected chi connectivity index (χ0v) is 16.4. The summed E-state index contributed by atoms with van der Waals surface area (Å²) < 4.78 is 6.77. The number of hydrogen-bond acceptors (Lipinski definition) is 3. The lowest BCUT2D eigenvalue weighted by Gasteiger charge is -2.09. The third kappa shape index (κ3) is 5.28. The Morgan fingerprint density at radius 3 is 2.59 bits per heavy atom. The van der Waals surface area contributed by atoms with Crippen molar-refractivity contribution in [1.82, 2.24) is 5.43 Å². The van der Waals surface area contributed by atoms with Gasteiger partial charge in [-0.2, -0.15) is 5.10 Å². The summed E-state index contributed by atoms with van der Waals surface area (Å²) in [4.78, 5) is 12.2. The molecule has 4 nitrogen and oxygen atoms in total. The van der Waals surface area contributed by atoms with E-state index in [1.807, 2.05) is 67.6 Å². The van der Waals surface area contributed by atoms with Crippen LogP contribution in [0.5, 0.6) is 5.75 Å². The molecule has 3 aromatic carbocycles. The molecule has 0 radical (unpaired) electrons. The maximum atomic E-state index is 12.2. The highest BCUT2D eigenvalue weighted by atomic mass is 79.9. The van der Waals surface area contributed by atoms with Crippen LogP contribution >= 0.6 is 15.9 Å². The van der Waals surface area contributed by atoms with E-state index in [1.54, 1.807) is 18.3 Å². The molecule has 27 heavy (non-hydrogen) atoms. The fraction of sp³-hybridized carbons (Fsp3) is 0.0909. The number of nitrogens with one attached hydrogen (secondary N) is 1. The smallest absolute Gasteiger partial charge is 0.271 e. The van der Waals surface area contributed by atoms with Gasteiger partial charge in [0.05, 0.1) is 6.21 Å². The second kappa shape index (κ2) is 9.14. The van der Waals surface area contributed by atoms with Crippen LogP contribution in [0.4, 0.5) is 0 Å². The van der Waals surface area contributed by atoms with Gasteiger partial charge in [0.1, 0.15) is 12.4 Å². The average Bonchev–Trinajstić information content (AvgIpc) is 2.70. The van der Waals surface area contributed by atoms with E-state index >= 15 is 0 Å². The van der Waals surface area contributed by atoms with Gasteiger partial charge in [-0.3, -0.25) is 4.79 Å². The lowest BCUT2D eigenvalue weighted by molar-refractivity contribution is 0.0955. The van der Waals surface area contributed by atoms with Gasteiger partial charge >= 0.3 is 0 Å². The number of nitrogens with zero attached hydrogens (tertiary/aromatic N) is 1. The van der Waals surface area contributed by atoms with Gasteiger partial charge in [-0.25, -0.2) is 5.43 Å². The third-order valence-corrected chi connectivity index (χ3v) is 4.81. The molecule has 0 saturated heterocycles. The molecule has 0 fully saturated rings. The molecular weight excluding hydrogens is 404 g/mol. The molecule has 0 aromatic heterocycles. The van der Waals surface area contributed by atoms with Crippen LogP contribution in [0.15, 0.2) is 82.4 Å². The van der Waals surface area contributed by atoms with Crippen molar-refractivity contribution in [3.8, 4) is 5.75 Å². The summed E-state index contributed by atoms with van der Waals surface area (Å²) in [7, 11) is 0. The first-order valence-corrected chi connectivity index (χ1v) is 9.28. The van der Waals surface area contributed by atoms with Gasteiger partial charge < -0.3 is 4.74 Å². The van der Waals surface area contributed by atoms with Crippen LogP contribution in [0.2, 0.25) is 0 Å². The van der Waals surface area contributed by atoms with Crippen LogP contribution in [0, 0.1) is 6.92 Å². The molecule has 0 aliphatic rings. The monoisotopic (exact) mass is 422 g/mol. The van der Waals surface area contributed by atoms with Crippen molar-refractivity contribution in [2.45, 2.75) is 13.5 Å². The van der Waals surface area contributed by atoms with Crippen molar-refractivity contribution in [2.24, 2.45) is 5.10 Å². The summed E-state index contributed by atoms with van der Waals surface area (Å²) in [6.45, 7) is 2.44. The predicted octanol–water partition coefficient (Wildman–Crippen LogP) is 5.10. The topological polar surface area (TPSA) is 50.7 Å². The number of carbonyl (C=O) groups excluding carboxylic acids is 1. The molecule has 0 bridgehead atoms. The van der Waals surface area contributed by atoms with Crippen LogP contribution in [0.1, 0.15) is 27.0 Å². The molecule has 1 amide bonds. The van der Waals surface area contributed by atoms with Crippen LogP contribution in [-0.2, 0) is 6.61 Å². The quantitative estimate of drug-likeness (QED) is 0.443. The van der Waals surface area contributed by atoms with Gasteiger partial charge in [0.25, 0.3) is 5.91 Å². The lowest BCUT2D eigenvalue weighted by atomic mass is 10.1. The summed E-state index contributed by atoms with van der Waals surface area (Å²) in [5.41, 5.74) is 6.03. The molecular formula is C22H19BrN2O2. The highest BCUT2D eigenvalue weighted by Gasteiger charge is 2.06. The summed E-state index contributed by atoms with van der Waals surface area (Å²) in [6.07, 6.45) is 1.58. The van der Waals surface area contributed by atoms with E-state index in [4.69, 9.17) is 4.74 Å². The normalized spacial score (nSPS) is 10.7. The molecule has 0 saturated carbocycles. The number of hydrazone groups is 1. The lowest BCUT2D eigenvalue weighted by Crippen LogP contribution is -2.17. The second-order valence-electron chi connectivity index (χ2n) is 5.98. The third-order valence-electron chi connectivity index (χ3n) is 3.96. The first kappa shape index (κ1) is 18.9. The number of rotatable bonds is 6. The minimum atomic E-state index is -0.269. The van der Waals surface area contributed by atoms with Gasteiger partial charge in [0, 0.05) is 15.6 Å². The zero-order chi connectivity index (χ0) is 19.1. The molecule has 136 valence electrons. The highest BCUT2D eigenvalue weighted by molar-refractivity contribution is 9.10. The zero-order valence-electron chi connectivity index (χ0n) is 14.9. The number of aryl methyl sites for hydroxylation is 1. The Hall–Kier alpha value is -2.92. The molecule has 5 heteroatoms. The summed E-state index contributed by atoms with van der Waals surface area (Å²) in [5, 5.41) is 4.07. The largest absolute Gasteiger partial charge is 0.488 e. The summed E-state index contributed by atoms with van der Waals surface area (Å²) in [6, 6.07) is 22.9. The number of benzene rings is 3. The van der Waals surface area contributed by atoms with Gasteiger partial charge in [-0.05, 0) is 42.3 Å². The van der Waals surface area contributed by atoms with E-state index < -0.39 is 0 Å². The average molecular weight is 423 g/mol. The minimum Gasteiger partial charge on any atom is -0.488 e. The molecule has 0 aliphatic carbocycles. The predicted molar refractivity (Wildman–Crippen MR) is 111 cm³/mol. The molecule has 0 heterocycles. The Balaban J connectivity index is 1.64. The number of para-hydroxylation sites is 1. The van der Waals surface area contributed by atoms with Gasteiger partial charge in [-0.15, -0.1) is 0 Å². The Bertz CT molecular complexity index is 956. The summed E-state index contributed by atoms with van der Waals surface area (Å²) in [5.74, 6) is 0.437. The Morgan fingerprint density at radius 1 is 1.07 bits per heavy atom. The Kier molecular flexibility index (Phi) is 6.39. The fourth-order valence-electron chi connectivity index (χ4n) is 2.41. The van der Waals surface area contributed by atoms with Gasteiger partial charge in [0.2, 0.25) is 0 Å². The number of hydrogen-bond donors (Lipinski definition) is 1. The van der Waals surface area contributed by atoms with Crippen molar-refractivity contribution in [3.63, 3.8) is 0 Å². The van der Waals surface area contributed by atoms with E-state index in [0.29, 0.717) is 17.9 Å². The van der Waals surface area contributed by atoms with Gasteiger partial charge in [-0.1, -0.05) is 64.5 Å². The molecule has 0 spiro atoms. The summed E-state index contributed by atoms with van der Waals surface area (Å²) >= 11 is 3.43. The second-order valence-corrected chi connectivity index (χ2v) is 6.83. The van der Waals surface area contributed by atoms with Crippen molar-refractivity contribution in [3.05, 3.63) is 99.5 Å². The van der Waals surface area contributed by atoms with Crippen LogP contribution in [0.3, 0.4) is 0 Å². The van der Waals surface area contributed by atoms with Crippen LogP contribution < -0.4 is 10.2 Å². The molecule has 0 aliphatic heterocycles. The maximum absolute atomic E-state index is 12.2. The number of ether oxygens (including phenoxy) is 1. The molecule has 3 rings (SSSR count). The number of halogens is 1. The Labute approximate surface area is 167 Å². The van der Waals surface area contributed by atoms with Crippen molar-refractivity contribution in [1.29, 1.82) is 0 Å². The molecule has 1 N–H and O–H groups in total. The van der Waals surface area contributed by atoms with Crippen LogP contribution in [-0.4, -0.2) is 12.1 Å². The van der Waals surface area contributed by atoms with E-state index in [-0.39, 0.29) is 5.91 Å². The van der Waals surface area contributed by atoms with Crippen molar-refractivity contribution >= 4 is 28.1 Å². The van der Waals surface area contributed by atoms with Crippen LogP contribution in [0.25, 0.3) is 0 Å². The Morgan fingerprint density at radius 2 is 1.81 bits per heavy atom. The number of carbonyl (C=O) groups is 1. The van der Waals surface area contributed by atoms with Crippen molar-refractivity contribution < 1.29 is 9.53 Å². The number of amides is 1. The maximum Gasteiger partial charge on any atom is 0.271 e. The molecule has 0 unspecified atom stereocenters. The standard InChI is InChI=1S/C22H19BrN2O2/c1-16-11-12-18(13-20(16)23)22(26)25-24-14-19-9-5-6-10-21(19)27-15-17-7-3-2-4-8-17/h2-14H,15H2,1H3,(H,25,26). The fourth-order valence-corrected chi connectivity index (χ4v) is 2.79.